The van der Waals surface area contributed by atoms with Crippen molar-refractivity contribution in [1.82, 2.24) is 5.32 Å². The molecule has 1 aromatic carbocycles. The van der Waals surface area contributed by atoms with Crippen LogP contribution in [0.15, 0.2) is 18.2 Å². The van der Waals surface area contributed by atoms with Gasteiger partial charge in [0.1, 0.15) is 11.9 Å². The van der Waals surface area contributed by atoms with Crippen molar-refractivity contribution in [2.75, 3.05) is 11.9 Å². The van der Waals surface area contributed by atoms with E-state index in [0.717, 1.165) is 6.07 Å². The Morgan fingerprint density at radius 3 is 2.82 bits per heavy atom. The van der Waals surface area contributed by atoms with Gasteiger partial charge in [0.25, 0.3) is 0 Å². The second kappa shape index (κ2) is 5.85. The van der Waals surface area contributed by atoms with Crippen molar-refractivity contribution in [2.45, 2.75) is 13.8 Å². The van der Waals surface area contributed by atoms with Crippen molar-refractivity contribution in [2.24, 2.45) is 5.92 Å². The first-order chi connectivity index (χ1) is 8.02. The van der Waals surface area contributed by atoms with E-state index in [9.17, 15) is 9.18 Å². The van der Waals surface area contributed by atoms with E-state index >= 15 is 0 Å². The molecule has 0 aliphatic carbocycles. The molecule has 90 valence electrons. The standard InChI is InChI=1S/C12H14FN3O/c1-8(2)7-15-12(17)16-11-4-3-10(13)5-9(11)6-14/h3-5,8H,7H2,1-2H3,(H2,15,16,17). The average molecular weight is 235 g/mol. The molecule has 0 aliphatic rings. The van der Waals surface area contributed by atoms with Gasteiger partial charge in [-0.15, -0.1) is 0 Å². The molecular weight excluding hydrogens is 221 g/mol. The molecule has 0 saturated carbocycles. The summed E-state index contributed by atoms with van der Waals surface area (Å²) in [6.45, 7) is 4.48. The predicted molar refractivity (Wildman–Crippen MR) is 63.0 cm³/mol. The van der Waals surface area contributed by atoms with Gasteiger partial charge in [0.2, 0.25) is 0 Å². The number of amides is 2. The summed E-state index contributed by atoms with van der Waals surface area (Å²) in [5.74, 6) is -0.168. The van der Waals surface area contributed by atoms with Crippen LogP contribution in [0.3, 0.4) is 0 Å². The summed E-state index contributed by atoms with van der Waals surface area (Å²) in [6.07, 6.45) is 0. The van der Waals surface area contributed by atoms with E-state index < -0.39 is 11.8 Å². The van der Waals surface area contributed by atoms with Crippen LogP contribution in [0.25, 0.3) is 0 Å². The van der Waals surface area contributed by atoms with Crippen molar-refractivity contribution in [3.05, 3.63) is 29.6 Å². The summed E-state index contributed by atoms with van der Waals surface area (Å²) in [5, 5.41) is 13.9. The minimum absolute atomic E-state index is 0.102. The molecule has 17 heavy (non-hydrogen) atoms. The van der Waals surface area contributed by atoms with Crippen LogP contribution in [0, 0.1) is 23.1 Å². The normalized spacial score (nSPS) is 9.82. The minimum atomic E-state index is -0.505. The molecule has 0 aliphatic heterocycles. The Hall–Kier alpha value is -2.09. The number of anilines is 1. The van der Waals surface area contributed by atoms with E-state index in [-0.39, 0.29) is 5.56 Å². The maximum atomic E-state index is 12.8. The van der Waals surface area contributed by atoms with Gasteiger partial charge in [-0.05, 0) is 24.1 Å². The van der Waals surface area contributed by atoms with Gasteiger partial charge < -0.3 is 10.6 Å². The smallest absolute Gasteiger partial charge is 0.319 e. The van der Waals surface area contributed by atoms with Gasteiger partial charge in [-0.3, -0.25) is 0 Å². The molecule has 0 aromatic heterocycles. The number of hydrogen-bond donors (Lipinski definition) is 2. The highest BCUT2D eigenvalue weighted by Crippen LogP contribution is 2.15. The summed E-state index contributed by atoms with van der Waals surface area (Å²) >= 11 is 0. The number of hydrogen-bond acceptors (Lipinski definition) is 2. The van der Waals surface area contributed by atoms with E-state index in [4.69, 9.17) is 5.26 Å². The Kier molecular flexibility index (Phi) is 4.46. The van der Waals surface area contributed by atoms with Gasteiger partial charge in [-0.25, -0.2) is 9.18 Å². The lowest BCUT2D eigenvalue weighted by molar-refractivity contribution is 0.251. The highest BCUT2D eigenvalue weighted by Gasteiger charge is 2.07. The zero-order valence-corrected chi connectivity index (χ0v) is 9.75. The van der Waals surface area contributed by atoms with E-state index in [0.29, 0.717) is 18.2 Å². The van der Waals surface area contributed by atoms with Crippen LogP contribution in [-0.4, -0.2) is 12.6 Å². The third kappa shape index (κ3) is 4.11. The zero-order valence-electron chi connectivity index (χ0n) is 9.75. The number of halogens is 1. The van der Waals surface area contributed by atoms with Gasteiger partial charge in [0.05, 0.1) is 11.3 Å². The summed E-state index contributed by atoms with van der Waals surface area (Å²) in [7, 11) is 0. The van der Waals surface area contributed by atoms with Crippen LogP contribution in [0.2, 0.25) is 0 Å². The molecule has 1 rings (SSSR count). The molecule has 5 heteroatoms. The number of urea groups is 1. The van der Waals surface area contributed by atoms with Crippen LogP contribution < -0.4 is 10.6 Å². The Morgan fingerprint density at radius 1 is 1.53 bits per heavy atom. The molecule has 2 amide bonds. The first-order valence-electron chi connectivity index (χ1n) is 5.27. The van der Waals surface area contributed by atoms with Crippen molar-refractivity contribution in [3.8, 4) is 6.07 Å². The van der Waals surface area contributed by atoms with Gasteiger partial charge in [0.15, 0.2) is 0 Å². The molecule has 4 nitrogen and oxygen atoms in total. The third-order valence-electron chi connectivity index (χ3n) is 2.02. The number of nitrogens with one attached hydrogen (secondary N) is 2. The van der Waals surface area contributed by atoms with Crippen LogP contribution >= 0.6 is 0 Å². The highest BCUT2D eigenvalue weighted by molar-refractivity contribution is 5.90. The topological polar surface area (TPSA) is 64.9 Å². The second-order valence-corrected chi connectivity index (χ2v) is 4.03. The quantitative estimate of drug-likeness (QED) is 0.845. The van der Waals surface area contributed by atoms with Crippen LogP contribution in [-0.2, 0) is 0 Å². The number of carbonyl (C=O) groups is 1. The summed E-state index contributed by atoms with van der Waals surface area (Å²) in [4.78, 5) is 11.4. The molecule has 0 radical (unpaired) electrons. The van der Waals surface area contributed by atoms with Crippen molar-refractivity contribution >= 4 is 11.7 Å². The second-order valence-electron chi connectivity index (χ2n) is 4.03. The van der Waals surface area contributed by atoms with E-state index in [1.807, 2.05) is 19.9 Å². The first-order valence-corrected chi connectivity index (χ1v) is 5.27. The Bertz CT molecular complexity index is 452. The molecular formula is C12H14FN3O. The molecule has 1 aromatic rings. The molecule has 0 bridgehead atoms. The zero-order chi connectivity index (χ0) is 12.8. The maximum Gasteiger partial charge on any atom is 0.319 e. The van der Waals surface area contributed by atoms with E-state index in [2.05, 4.69) is 10.6 Å². The summed E-state index contributed by atoms with van der Waals surface area (Å²) in [5.41, 5.74) is 0.403. The largest absolute Gasteiger partial charge is 0.338 e. The fourth-order valence-corrected chi connectivity index (χ4v) is 1.18. The fraction of sp³-hybridized carbons (Fsp3) is 0.333. The summed E-state index contributed by atoms with van der Waals surface area (Å²) < 4.78 is 12.8. The Morgan fingerprint density at radius 2 is 2.24 bits per heavy atom. The van der Waals surface area contributed by atoms with E-state index in [1.165, 1.54) is 12.1 Å². The number of carbonyl (C=O) groups excluding carboxylic acids is 1. The van der Waals surface area contributed by atoms with Crippen LogP contribution in [0.5, 0.6) is 0 Å². The van der Waals surface area contributed by atoms with Gasteiger partial charge in [-0.2, -0.15) is 5.26 Å². The maximum absolute atomic E-state index is 12.8. The van der Waals surface area contributed by atoms with Crippen molar-refractivity contribution in [1.29, 1.82) is 5.26 Å². The SMILES string of the molecule is CC(C)CNC(=O)Nc1ccc(F)cc1C#N. The summed E-state index contributed by atoms with van der Waals surface area (Å²) in [6, 6.07) is 5.06. The van der Waals surface area contributed by atoms with Crippen LogP contribution in [0.4, 0.5) is 14.9 Å². The third-order valence-corrected chi connectivity index (χ3v) is 2.02. The van der Waals surface area contributed by atoms with Gasteiger partial charge in [0, 0.05) is 6.54 Å². The average Bonchev–Trinajstić information content (AvgIpc) is 2.28. The molecule has 0 spiro atoms. The van der Waals surface area contributed by atoms with Crippen molar-refractivity contribution in [3.63, 3.8) is 0 Å². The fourth-order valence-electron chi connectivity index (χ4n) is 1.18. The molecule has 0 atom stereocenters. The lowest BCUT2D eigenvalue weighted by Crippen LogP contribution is -2.31. The predicted octanol–water partition coefficient (Wildman–Crippen LogP) is 2.47. The molecule has 0 saturated heterocycles. The molecule has 0 heterocycles. The molecule has 2 N–H and O–H groups in total. The van der Waals surface area contributed by atoms with Crippen LogP contribution in [0.1, 0.15) is 19.4 Å². The van der Waals surface area contributed by atoms with E-state index in [1.54, 1.807) is 0 Å². The Labute approximate surface area is 99.4 Å². The molecule has 0 unspecified atom stereocenters. The first kappa shape index (κ1) is 13.0. The lowest BCUT2D eigenvalue weighted by atomic mass is 10.2. The number of rotatable bonds is 3. The number of nitrogens with zero attached hydrogens (tertiary/aromatic N) is 1. The van der Waals surface area contributed by atoms with Gasteiger partial charge in [-0.1, -0.05) is 13.8 Å². The monoisotopic (exact) mass is 235 g/mol. The number of nitriles is 1. The molecule has 0 fully saturated rings. The number of benzene rings is 1. The van der Waals surface area contributed by atoms with Gasteiger partial charge >= 0.3 is 6.03 Å². The lowest BCUT2D eigenvalue weighted by Gasteiger charge is -2.10. The Balaban J connectivity index is 2.69. The minimum Gasteiger partial charge on any atom is -0.338 e. The highest BCUT2D eigenvalue weighted by atomic mass is 19.1. The van der Waals surface area contributed by atoms with Crippen molar-refractivity contribution < 1.29 is 9.18 Å².